The summed E-state index contributed by atoms with van der Waals surface area (Å²) in [5, 5.41) is 12.5. The van der Waals surface area contributed by atoms with E-state index in [1.165, 1.54) is 12.3 Å². The number of rotatable bonds is 9. The zero-order chi connectivity index (χ0) is 23.2. The monoisotopic (exact) mass is 489 g/mol. The van der Waals surface area contributed by atoms with Gasteiger partial charge in [0, 0.05) is 22.0 Å². The minimum Gasteiger partial charge on any atom is -0.478 e. The number of halogens is 1. The normalized spacial score (nSPS) is 11.1. The molecule has 7 nitrogen and oxygen atoms in total. The minimum atomic E-state index is -1.17. The Balaban J connectivity index is 2.33. The van der Waals surface area contributed by atoms with Gasteiger partial charge in [-0.15, -0.1) is 0 Å². The third-order valence-corrected chi connectivity index (χ3v) is 5.24. The van der Waals surface area contributed by atoms with Crippen LogP contribution in [0.1, 0.15) is 61.3 Å². The first-order valence-electron chi connectivity index (χ1n) is 10.1. The Morgan fingerprint density at radius 3 is 2.35 bits per heavy atom. The van der Waals surface area contributed by atoms with Gasteiger partial charge in [-0.25, -0.2) is 9.78 Å². The lowest BCUT2D eigenvalue weighted by Crippen LogP contribution is -2.37. The van der Waals surface area contributed by atoms with E-state index < -0.39 is 11.4 Å². The number of unbranched alkanes of at least 4 members (excludes halogenated alkanes) is 1. The molecule has 2 aromatic rings. The fraction of sp³-hybridized carbons (Fsp3) is 0.391. The molecule has 0 bridgehead atoms. The fourth-order valence-corrected chi connectivity index (χ4v) is 3.02. The second-order valence-electron chi connectivity index (χ2n) is 8.31. The largest absolute Gasteiger partial charge is 0.478 e. The number of hydrogen-bond acceptors (Lipinski definition) is 5. The standard InChI is InChI=1S/C23H28BrN3O4/c1-5-6-11-27(14-19(28)23(2,3)4)20-18(22(30)31)12-17(13-25-20)26-21(29)15-7-9-16(24)10-8-15/h7-10,12-13H,5-6,11,14H2,1-4H3,(H,26,29)(H,30,31). The average molecular weight is 490 g/mol. The fourth-order valence-electron chi connectivity index (χ4n) is 2.76. The molecule has 0 unspecified atom stereocenters. The highest BCUT2D eigenvalue weighted by molar-refractivity contribution is 9.10. The van der Waals surface area contributed by atoms with Crippen molar-refractivity contribution in [3.63, 3.8) is 0 Å². The van der Waals surface area contributed by atoms with E-state index >= 15 is 0 Å². The van der Waals surface area contributed by atoms with Gasteiger partial charge >= 0.3 is 5.97 Å². The SMILES string of the molecule is CCCCN(CC(=O)C(C)(C)C)c1ncc(NC(=O)c2ccc(Br)cc2)cc1C(=O)O. The van der Waals surface area contributed by atoms with E-state index in [1.54, 1.807) is 29.2 Å². The maximum absolute atomic E-state index is 12.6. The number of carbonyl (C=O) groups excluding carboxylic acids is 2. The number of Topliss-reactive ketones (excluding diaryl/α,β-unsaturated/α-hetero) is 1. The van der Waals surface area contributed by atoms with Crippen LogP contribution in [0.3, 0.4) is 0 Å². The number of nitrogens with zero attached hydrogens (tertiary/aromatic N) is 2. The molecule has 0 saturated carbocycles. The number of hydrogen-bond donors (Lipinski definition) is 2. The maximum atomic E-state index is 12.6. The number of anilines is 2. The van der Waals surface area contributed by atoms with Crippen molar-refractivity contribution in [2.45, 2.75) is 40.5 Å². The number of nitrogens with one attached hydrogen (secondary N) is 1. The average Bonchev–Trinajstić information content (AvgIpc) is 2.70. The summed E-state index contributed by atoms with van der Waals surface area (Å²) < 4.78 is 0.847. The predicted octanol–water partition coefficient (Wildman–Crippen LogP) is 5.02. The van der Waals surface area contributed by atoms with E-state index in [9.17, 15) is 19.5 Å². The summed E-state index contributed by atoms with van der Waals surface area (Å²) in [4.78, 5) is 43.1. The molecule has 31 heavy (non-hydrogen) atoms. The van der Waals surface area contributed by atoms with Crippen LogP contribution in [0.25, 0.3) is 0 Å². The van der Waals surface area contributed by atoms with Crippen molar-refractivity contribution in [1.29, 1.82) is 0 Å². The topological polar surface area (TPSA) is 99.6 Å². The Hall–Kier alpha value is -2.74. The molecule has 1 heterocycles. The van der Waals surface area contributed by atoms with Gasteiger partial charge in [0.1, 0.15) is 11.4 Å². The Morgan fingerprint density at radius 1 is 1.16 bits per heavy atom. The molecule has 8 heteroatoms. The van der Waals surface area contributed by atoms with Crippen LogP contribution in [0.4, 0.5) is 11.5 Å². The maximum Gasteiger partial charge on any atom is 0.339 e. The van der Waals surface area contributed by atoms with Crippen LogP contribution >= 0.6 is 15.9 Å². The highest BCUT2D eigenvalue weighted by Crippen LogP contribution is 2.25. The molecule has 1 aromatic heterocycles. The second-order valence-corrected chi connectivity index (χ2v) is 9.23. The van der Waals surface area contributed by atoms with Crippen molar-refractivity contribution >= 4 is 45.1 Å². The van der Waals surface area contributed by atoms with Gasteiger partial charge in [-0.1, -0.05) is 50.0 Å². The van der Waals surface area contributed by atoms with Gasteiger partial charge in [-0.3, -0.25) is 9.59 Å². The highest BCUT2D eigenvalue weighted by Gasteiger charge is 2.26. The molecule has 0 aliphatic heterocycles. The summed E-state index contributed by atoms with van der Waals surface area (Å²) in [5.74, 6) is -1.33. The lowest BCUT2D eigenvalue weighted by molar-refractivity contribution is -0.124. The quantitative estimate of drug-likeness (QED) is 0.512. The Bertz CT molecular complexity index is 952. The van der Waals surface area contributed by atoms with Gasteiger partial charge in [-0.05, 0) is 36.8 Å². The number of pyridine rings is 1. The summed E-state index contributed by atoms with van der Waals surface area (Å²) in [5.41, 5.74) is 0.0921. The van der Waals surface area contributed by atoms with Crippen LogP contribution in [0.15, 0.2) is 41.0 Å². The van der Waals surface area contributed by atoms with Crippen LogP contribution < -0.4 is 10.2 Å². The number of carbonyl (C=O) groups is 3. The molecule has 1 amide bonds. The highest BCUT2D eigenvalue weighted by atomic mass is 79.9. The lowest BCUT2D eigenvalue weighted by Gasteiger charge is -2.28. The van der Waals surface area contributed by atoms with Gasteiger partial charge in [0.2, 0.25) is 0 Å². The predicted molar refractivity (Wildman–Crippen MR) is 125 cm³/mol. The summed E-state index contributed by atoms with van der Waals surface area (Å²) in [7, 11) is 0. The minimum absolute atomic E-state index is 0.00522. The molecule has 0 radical (unpaired) electrons. The van der Waals surface area contributed by atoms with Gasteiger partial charge in [0.15, 0.2) is 5.78 Å². The molecule has 0 aliphatic rings. The van der Waals surface area contributed by atoms with Crippen LogP contribution in [0.2, 0.25) is 0 Å². The van der Waals surface area contributed by atoms with E-state index in [-0.39, 0.29) is 35.3 Å². The van der Waals surface area contributed by atoms with Crippen molar-refractivity contribution in [3.8, 4) is 0 Å². The zero-order valence-corrected chi connectivity index (χ0v) is 19.8. The zero-order valence-electron chi connectivity index (χ0n) is 18.2. The molecular weight excluding hydrogens is 462 g/mol. The number of carboxylic acid groups (broad SMARTS) is 1. The van der Waals surface area contributed by atoms with Crippen molar-refractivity contribution in [1.82, 2.24) is 4.98 Å². The summed E-state index contributed by atoms with van der Waals surface area (Å²) >= 11 is 3.32. The molecule has 1 aromatic carbocycles. The molecule has 166 valence electrons. The molecule has 0 saturated heterocycles. The van der Waals surface area contributed by atoms with E-state index in [0.29, 0.717) is 12.1 Å². The van der Waals surface area contributed by atoms with Gasteiger partial charge in [-0.2, -0.15) is 0 Å². The van der Waals surface area contributed by atoms with Crippen molar-refractivity contribution in [2.75, 3.05) is 23.3 Å². The molecule has 2 N–H and O–H groups in total. The molecule has 0 fully saturated rings. The Morgan fingerprint density at radius 2 is 1.81 bits per heavy atom. The molecule has 2 rings (SSSR count). The number of benzene rings is 1. The number of aromatic nitrogens is 1. The third kappa shape index (κ3) is 6.89. The van der Waals surface area contributed by atoms with Crippen LogP contribution in [0, 0.1) is 5.41 Å². The second kappa shape index (κ2) is 10.5. The van der Waals surface area contributed by atoms with E-state index in [0.717, 1.165) is 17.3 Å². The van der Waals surface area contributed by atoms with Crippen molar-refractivity contribution < 1.29 is 19.5 Å². The van der Waals surface area contributed by atoms with Gasteiger partial charge in [0.25, 0.3) is 5.91 Å². The van der Waals surface area contributed by atoms with Gasteiger partial charge in [0.05, 0.1) is 18.4 Å². The first kappa shape index (κ1) is 24.5. The third-order valence-electron chi connectivity index (χ3n) is 4.71. The molecule has 0 atom stereocenters. The summed E-state index contributed by atoms with van der Waals surface area (Å²) in [6.45, 7) is 8.10. The van der Waals surface area contributed by atoms with E-state index in [1.807, 2.05) is 27.7 Å². The Labute approximate surface area is 191 Å². The van der Waals surface area contributed by atoms with Crippen LogP contribution in [-0.4, -0.2) is 40.8 Å². The number of aromatic carboxylic acids is 1. The molecule has 0 aliphatic carbocycles. The smallest absolute Gasteiger partial charge is 0.339 e. The Kier molecular flexibility index (Phi) is 8.33. The van der Waals surface area contributed by atoms with Crippen LogP contribution in [-0.2, 0) is 4.79 Å². The van der Waals surface area contributed by atoms with Crippen molar-refractivity contribution in [3.05, 3.63) is 52.1 Å². The summed E-state index contributed by atoms with van der Waals surface area (Å²) in [6.07, 6.45) is 3.10. The van der Waals surface area contributed by atoms with E-state index in [4.69, 9.17) is 0 Å². The van der Waals surface area contributed by atoms with Crippen LogP contribution in [0.5, 0.6) is 0 Å². The number of ketones is 1. The first-order chi connectivity index (χ1) is 14.5. The first-order valence-corrected chi connectivity index (χ1v) is 10.9. The molecular formula is C23H28BrN3O4. The van der Waals surface area contributed by atoms with Crippen molar-refractivity contribution in [2.24, 2.45) is 5.41 Å². The lowest BCUT2D eigenvalue weighted by atomic mass is 9.90. The molecule has 0 spiro atoms. The summed E-state index contributed by atoms with van der Waals surface area (Å²) in [6, 6.07) is 8.18. The van der Waals surface area contributed by atoms with E-state index in [2.05, 4.69) is 26.2 Å². The van der Waals surface area contributed by atoms with Gasteiger partial charge < -0.3 is 15.3 Å². The number of carboxylic acids is 1. The number of amides is 1.